The first-order chi connectivity index (χ1) is 11.4. The number of unbranched alkanes of at least 4 members (excludes halogenated alkanes) is 1. The highest BCUT2D eigenvalue weighted by Gasteiger charge is 2.15. The molecule has 0 saturated heterocycles. The quantitative estimate of drug-likeness (QED) is 0.411. The van der Waals surface area contributed by atoms with Crippen molar-refractivity contribution in [2.24, 2.45) is 4.99 Å². The van der Waals surface area contributed by atoms with Gasteiger partial charge in [-0.25, -0.2) is 0 Å². The van der Waals surface area contributed by atoms with Gasteiger partial charge in [-0.1, -0.05) is 6.07 Å². The smallest absolute Gasteiger partial charge is 0.250 e. The summed E-state index contributed by atoms with van der Waals surface area (Å²) in [6.45, 7) is 11.0. The highest BCUT2D eigenvalue weighted by molar-refractivity contribution is 5.79. The molecule has 1 aromatic heterocycles. The Morgan fingerprint density at radius 3 is 2.67 bits per heavy atom. The number of hydrogen-bond acceptors (Lipinski definition) is 3. The summed E-state index contributed by atoms with van der Waals surface area (Å²) in [5.74, 6) is 0.802. The average molecular weight is 336 g/mol. The van der Waals surface area contributed by atoms with E-state index >= 15 is 0 Å². The van der Waals surface area contributed by atoms with Crippen molar-refractivity contribution in [1.82, 2.24) is 15.2 Å². The lowest BCUT2D eigenvalue weighted by atomic mass is 10.1. The summed E-state index contributed by atoms with van der Waals surface area (Å²) < 4.78 is 7.21. The standard InChI is InChI=1S/C18H32N4O2/c1-6-19-17(21-14-18(3,4)24-5)20-12-7-8-13-22-15(2)10-9-11-16(22)23/h9-11H,6-8,12-14H2,1-5H3,(H2,19,20,21). The van der Waals surface area contributed by atoms with E-state index in [0.717, 1.165) is 44.1 Å². The van der Waals surface area contributed by atoms with E-state index in [2.05, 4.69) is 15.6 Å². The van der Waals surface area contributed by atoms with Gasteiger partial charge in [0.05, 0.1) is 12.1 Å². The minimum atomic E-state index is -0.269. The molecule has 0 aliphatic heterocycles. The fourth-order valence-corrected chi connectivity index (χ4v) is 2.19. The van der Waals surface area contributed by atoms with Gasteiger partial charge in [-0.3, -0.25) is 9.79 Å². The van der Waals surface area contributed by atoms with Crippen molar-refractivity contribution in [2.75, 3.05) is 26.7 Å². The number of hydrogen-bond donors (Lipinski definition) is 2. The SMILES string of the molecule is CCNC(=NCC(C)(C)OC)NCCCCn1c(C)cccc1=O. The topological polar surface area (TPSA) is 67.7 Å². The zero-order chi connectivity index (χ0) is 18.0. The van der Waals surface area contributed by atoms with Crippen LogP contribution in [0.1, 0.15) is 39.3 Å². The third-order valence-corrected chi connectivity index (χ3v) is 3.88. The molecule has 2 N–H and O–H groups in total. The molecule has 6 heteroatoms. The summed E-state index contributed by atoms with van der Waals surface area (Å²) in [4.78, 5) is 16.4. The number of aryl methyl sites for hydroxylation is 1. The number of ether oxygens (including phenoxy) is 1. The van der Waals surface area contributed by atoms with Gasteiger partial charge in [-0.15, -0.1) is 0 Å². The minimum absolute atomic E-state index is 0.0691. The molecule has 24 heavy (non-hydrogen) atoms. The van der Waals surface area contributed by atoms with Crippen LogP contribution in [0.5, 0.6) is 0 Å². The van der Waals surface area contributed by atoms with Gasteiger partial charge in [0.15, 0.2) is 5.96 Å². The maximum Gasteiger partial charge on any atom is 0.250 e. The molecule has 6 nitrogen and oxygen atoms in total. The number of nitrogens with zero attached hydrogens (tertiary/aromatic N) is 2. The molecule has 0 fully saturated rings. The van der Waals surface area contributed by atoms with Gasteiger partial charge in [-0.05, 0) is 46.6 Å². The molecule has 0 atom stereocenters. The Hall–Kier alpha value is -1.82. The third-order valence-electron chi connectivity index (χ3n) is 3.88. The highest BCUT2D eigenvalue weighted by atomic mass is 16.5. The molecule has 0 aliphatic carbocycles. The van der Waals surface area contributed by atoms with Gasteiger partial charge in [0, 0.05) is 38.5 Å². The molecule has 136 valence electrons. The molecular weight excluding hydrogens is 304 g/mol. The second-order valence-electron chi connectivity index (χ2n) is 6.45. The van der Waals surface area contributed by atoms with E-state index < -0.39 is 0 Å². The third kappa shape index (κ3) is 7.17. The van der Waals surface area contributed by atoms with Crippen molar-refractivity contribution in [3.63, 3.8) is 0 Å². The summed E-state index contributed by atoms with van der Waals surface area (Å²) in [6, 6.07) is 5.38. The summed E-state index contributed by atoms with van der Waals surface area (Å²) in [7, 11) is 1.70. The maximum atomic E-state index is 11.8. The van der Waals surface area contributed by atoms with Crippen LogP contribution in [0.2, 0.25) is 0 Å². The van der Waals surface area contributed by atoms with Gasteiger partial charge < -0.3 is 19.9 Å². The number of nitrogens with one attached hydrogen (secondary N) is 2. The van der Waals surface area contributed by atoms with E-state index in [1.165, 1.54) is 0 Å². The first-order valence-corrected chi connectivity index (χ1v) is 8.63. The Bertz CT molecular complexity index is 579. The molecule has 0 amide bonds. The average Bonchev–Trinajstić information content (AvgIpc) is 2.54. The molecule has 0 aromatic carbocycles. The highest BCUT2D eigenvalue weighted by Crippen LogP contribution is 2.07. The maximum absolute atomic E-state index is 11.8. The molecule has 0 aliphatic rings. The van der Waals surface area contributed by atoms with Gasteiger partial charge in [0.25, 0.3) is 5.56 Å². The van der Waals surface area contributed by atoms with E-state index in [1.54, 1.807) is 19.2 Å². The van der Waals surface area contributed by atoms with E-state index in [-0.39, 0.29) is 11.2 Å². The van der Waals surface area contributed by atoms with Gasteiger partial charge >= 0.3 is 0 Å². The molecular formula is C18H32N4O2. The van der Waals surface area contributed by atoms with Crippen molar-refractivity contribution < 1.29 is 4.74 Å². The summed E-state index contributed by atoms with van der Waals surface area (Å²) in [5.41, 5.74) is 0.806. The second kappa shape index (κ2) is 10.1. The van der Waals surface area contributed by atoms with E-state index in [1.807, 2.05) is 38.3 Å². The fourth-order valence-electron chi connectivity index (χ4n) is 2.19. The number of aromatic nitrogens is 1. The van der Waals surface area contributed by atoms with E-state index in [0.29, 0.717) is 6.54 Å². The monoisotopic (exact) mass is 336 g/mol. The molecule has 0 unspecified atom stereocenters. The van der Waals surface area contributed by atoms with Crippen LogP contribution in [0.3, 0.4) is 0 Å². The summed E-state index contributed by atoms with van der Waals surface area (Å²) >= 11 is 0. The van der Waals surface area contributed by atoms with Gasteiger partial charge in [-0.2, -0.15) is 0 Å². The number of aliphatic imine (C=N–C) groups is 1. The zero-order valence-corrected chi connectivity index (χ0v) is 15.7. The normalized spacial score (nSPS) is 12.3. The Morgan fingerprint density at radius 2 is 2.04 bits per heavy atom. The van der Waals surface area contributed by atoms with Crippen LogP contribution in [0, 0.1) is 6.92 Å². The first-order valence-electron chi connectivity index (χ1n) is 8.63. The van der Waals surface area contributed by atoms with Crippen LogP contribution >= 0.6 is 0 Å². The Balaban J connectivity index is 2.40. The Morgan fingerprint density at radius 1 is 1.29 bits per heavy atom. The Labute approximate surface area is 145 Å². The van der Waals surface area contributed by atoms with E-state index in [9.17, 15) is 4.79 Å². The molecule has 0 saturated carbocycles. The van der Waals surface area contributed by atoms with Crippen LogP contribution in [-0.2, 0) is 11.3 Å². The molecule has 0 bridgehead atoms. The number of guanidine groups is 1. The molecule has 0 radical (unpaired) electrons. The molecule has 1 rings (SSSR count). The predicted octanol–water partition coefficient (Wildman–Crippen LogP) is 1.92. The fraction of sp³-hybridized carbons (Fsp3) is 0.667. The van der Waals surface area contributed by atoms with Crippen LogP contribution in [-0.4, -0.2) is 42.9 Å². The van der Waals surface area contributed by atoms with Crippen LogP contribution in [0.25, 0.3) is 0 Å². The first kappa shape index (κ1) is 20.2. The Kier molecular flexibility index (Phi) is 8.54. The van der Waals surface area contributed by atoms with Gasteiger partial charge in [0.1, 0.15) is 0 Å². The summed E-state index contributed by atoms with van der Waals surface area (Å²) in [6.07, 6.45) is 1.92. The lowest BCUT2D eigenvalue weighted by Gasteiger charge is -2.21. The van der Waals surface area contributed by atoms with Crippen molar-refractivity contribution >= 4 is 5.96 Å². The van der Waals surface area contributed by atoms with Crippen molar-refractivity contribution in [1.29, 1.82) is 0 Å². The lowest BCUT2D eigenvalue weighted by Crippen LogP contribution is -2.39. The predicted molar refractivity (Wildman–Crippen MR) is 99.7 cm³/mol. The molecule has 0 spiro atoms. The van der Waals surface area contributed by atoms with Gasteiger partial charge in [0.2, 0.25) is 0 Å². The van der Waals surface area contributed by atoms with E-state index in [4.69, 9.17) is 4.74 Å². The van der Waals surface area contributed by atoms with Crippen LogP contribution in [0.4, 0.5) is 0 Å². The number of rotatable bonds is 9. The number of methoxy groups -OCH3 is 1. The van der Waals surface area contributed by atoms with Crippen LogP contribution < -0.4 is 16.2 Å². The molecule has 1 aromatic rings. The molecule has 1 heterocycles. The van der Waals surface area contributed by atoms with Crippen molar-refractivity contribution in [2.45, 2.75) is 52.7 Å². The zero-order valence-electron chi connectivity index (χ0n) is 15.7. The van der Waals surface area contributed by atoms with Crippen molar-refractivity contribution in [3.05, 3.63) is 34.2 Å². The summed E-state index contributed by atoms with van der Waals surface area (Å²) in [5, 5.41) is 6.56. The second-order valence-corrected chi connectivity index (χ2v) is 6.45. The number of pyridine rings is 1. The van der Waals surface area contributed by atoms with Crippen LogP contribution in [0.15, 0.2) is 28.0 Å². The lowest BCUT2D eigenvalue weighted by molar-refractivity contribution is 0.0310. The minimum Gasteiger partial charge on any atom is -0.377 e. The van der Waals surface area contributed by atoms with Crippen molar-refractivity contribution in [3.8, 4) is 0 Å². The largest absolute Gasteiger partial charge is 0.377 e.